The van der Waals surface area contributed by atoms with Crippen LogP contribution < -0.4 is 5.48 Å². The Bertz CT molecular complexity index is 675. The van der Waals surface area contributed by atoms with Crippen LogP contribution in [0, 0.1) is 0 Å². The highest BCUT2D eigenvalue weighted by Crippen LogP contribution is 2.39. The predicted molar refractivity (Wildman–Crippen MR) is 73.6 cm³/mol. The summed E-state index contributed by atoms with van der Waals surface area (Å²) < 4.78 is 6.87. The lowest BCUT2D eigenvalue weighted by Crippen LogP contribution is -2.44. The summed E-state index contributed by atoms with van der Waals surface area (Å²) in [5, 5.41) is 34.5. The van der Waals surface area contributed by atoms with Crippen molar-refractivity contribution in [2.75, 3.05) is 19.2 Å². The highest BCUT2D eigenvalue weighted by atomic mass is 16.6. The SMILES string of the molecule is CONc1ncnc2c1cnn2[C@@H]1O[C@H](CO)[C@@H](O)[C@@]1(C)O. The van der Waals surface area contributed by atoms with Gasteiger partial charge in [0.05, 0.1) is 25.3 Å². The first-order valence-electron chi connectivity index (χ1n) is 6.64. The fourth-order valence-corrected chi connectivity index (χ4v) is 2.56. The number of aliphatic hydroxyl groups excluding tert-OH is 2. The topological polar surface area (TPSA) is 135 Å². The van der Waals surface area contributed by atoms with E-state index in [-0.39, 0.29) is 0 Å². The van der Waals surface area contributed by atoms with Crippen LogP contribution in [0.5, 0.6) is 0 Å². The lowest BCUT2D eigenvalue weighted by molar-refractivity contribution is -0.100. The molecule has 0 aromatic carbocycles. The smallest absolute Gasteiger partial charge is 0.183 e. The zero-order valence-corrected chi connectivity index (χ0v) is 12.0. The van der Waals surface area contributed by atoms with E-state index in [1.807, 2.05) is 0 Å². The van der Waals surface area contributed by atoms with E-state index >= 15 is 0 Å². The summed E-state index contributed by atoms with van der Waals surface area (Å²) in [4.78, 5) is 13.0. The van der Waals surface area contributed by atoms with Crippen molar-refractivity contribution in [2.24, 2.45) is 0 Å². The van der Waals surface area contributed by atoms with E-state index in [4.69, 9.17) is 9.57 Å². The van der Waals surface area contributed by atoms with E-state index < -0.39 is 30.6 Å². The summed E-state index contributed by atoms with van der Waals surface area (Å²) in [6.07, 6.45) is -0.347. The second-order valence-electron chi connectivity index (χ2n) is 5.24. The maximum absolute atomic E-state index is 10.5. The van der Waals surface area contributed by atoms with Gasteiger partial charge in [-0.05, 0) is 6.92 Å². The molecule has 0 saturated carbocycles. The molecule has 4 N–H and O–H groups in total. The van der Waals surface area contributed by atoms with Crippen molar-refractivity contribution in [2.45, 2.75) is 31.0 Å². The van der Waals surface area contributed by atoms with Gasteiger partial charge in [0.2, 0.25) is 0 Å². The molecule has 0 bridgehead atoms. The molecule has 1 fully saturated rings. The third-order valence-corrected chi connectivity index (χ3v) is 3.75. The molecule has 22 heavy (non-hydrogen) atoms. The van der Waals surface area contributed by atoms with Gasteiger partial charge in [-0.25, -0.2) is 20.1 Å². The molecule has 0 unspecified atom stereocenters. The first-order valence-corrected chi connectivity index (χ1v) is 6.64. The van der Waals surface area contributed by atoms with E-state index in [0.29, 0.717) is 16.9 Å². The van der Waals surface area contributed by atoms with E-state index in [0.717, 1.165) is 0 Å². The Hall–Kier alpha value is -1.85. The van der Waals surface area contributed by atoms with Crippen LogP contribution in [-0.4, -0.2) is 66.6 Å². The van der Waals surface area contributed by atoms with Crippen molar-refractivity contribution in [1.29, 1.82) is 0 Å². The number of aliphatic hydroxyl groups is 3. The van der Waals surface area contributed by atoms with Crippen LogP contribution in [0.25, 0.3) is 11.0 Å². The molecule has 1 aliphatic heterocycles. The fourth-order valence-electron chi connectivity index (χ4n) is 2.56. The zero-order valence-electron chi connectivity index (χ0n) is 12.0. The Labute approximate surface area is 125 Å². The number of anilines is 1. The average molecular weight is 311 g/mol. The summed E-state index contributed by atoms with van der Waals surface area (Å²) in [6.45, 7) is 0.999. The lowest BCUT2D eigenvalue weighted by Gasteiger charge is -2.26. The molecule has 0 radical (unpaired) electrons. The van der Waals surface area contributed by atoms with Gasteiger partial charge in [-0.1, -0.05) is 0 Å². The summed E-state index contributed by atoms with van der Waals surface area (Å²) in [6, 6.07) is 0. The van der Waals surface area contributed by atoms with Crippen LogP contribution in [0.15, 0.2) is 12.5 Å². The minimum absolute atomic E-state index is 0.394. The Balaban J connectivity index is 2.06. The molecule has 120 valence electrons. The quantitative estimate of drug-likeness (QED) is 0.513. The molecule has 0 spiro atoms. The van der Waals surface area contributed by atoms with Crippen LogP contribution in [0.2, 0.25) is 0 Å². The van der Waals surface area contributed by atoms with Crippen LogP contribution in [0.3, 0.4) is 0 Å². The highest BCUT2D eigenvalue weighted by molar-refractivity contribution is 5.85. The number of hydrogen-bond donors (Lipinski definition) is 4. The summed E-state index contributed by atoms with van der Waals surface area (Å²) in [5.41, 5.74) is 1.37. The van der Waals surface area contributed by atoms with E-state index in [1.165, 1.54) is 31.2 Å². The number of hydrogen-bond acceptors (Lipinski definition) is 9. The highest BCUT2D eigenvalue weighted by Gasteiger charge is 2.53. The predicted octanol–water partition coefficient (Wildman–Crippen LogP) is -1.20. The van der Waals surface area contributed by atoms with E-state index in [9.17, 15) is 15.3 Å². The van der Waals surface area contributed by atoms with E-state index in [2.05, 4.69) is 20.5 Å². The average Bonchev–Trinajstić information content (AvgIpc) is 3.01. The fraction of sp³-hybridized carbons (Fsp3) is 0.583. The molecule has 0 aliphatic carbocycles. The van der Waals surface area contributed by atoms with Crippen molar-refractivity contribution in [3.05, 3.63) is 12.5 Å². The van der Waals surface area contributed by atoms with Gasteiger partial charge in [0, 0.05) is 0 Å². The van der Waals surface area contributed by atoms with Crippen molar-refractivity contribution < 1.29 is 24.9 Å². The number of fused-ring (bicyclic) bond motifs is 1. The van der Waals surface area contributed by atoms with Gasteiger partial charge >= 0.3 is 0 Å². The van der Waals surface area contributed by atoms with Crippen molar-refractivity contribution in [1.82, 2.24) is 19.7 Å². The van der Waals surface area contributed by atoms with Crippen molar-refractivity contribution >= 4 is 16.9 Å². The Morgan fingerprint density at radius 2 is 2.27 bits per heavy atom. The zero-order chi connectivity index (χ0) is 15.9. The van der Waals surface area contributed by atoms with Gasteiger partial charge in [-0.2, -0.15) is 5.10 Å². The lowest BCUT2D eigenvalue weighted by atomic mass is 9.97. The summed E-state index contributed by atoms with van der Waals surface area (Å²) >= 11 is 0. The van der Waals surface area contributed by atoms with Gasteiger partial charge in [0.1, 0.15) is 24.1 Å². The molecule has 0 amide bonds. The normalized spacial score (nSPS) is 31.8. The minimum atomic E-state index is -1.63. The molecule has 1 aliphatic rings. The molecule has 10 nitrogen and oxygen atoms in total. The van der Waals surface area contributed by atoms with Gasteiger partial charge in [0.25, 0.3) is 0 Å². The monoisotopic (exact) mass is 311 g/mol. The molecule has 1 saturated heterocycles. The van der Waals surface area contributed by atoms with Crippen molar-refractivity contribution in [3.63, 3.8) is 0 Å². The molecule has 4 atom stereocenters. The number of ether oxygens (including phenoxy) is 1. The Kier molecular flexibility index (Phi) is 3.70. The Morgan fingerprint density at radius 3 is 2.91 bits per heavy atom. The first kappa shape index (κ1) is 15.1. The van der Waals surface area contributed by atoms with Crippen molar-refractivity contribution in [3.8, 4) is 0 Å². The number of nitrogens with zero attached hydrogens (tertiary/aromatic N) is 4. The Morgan fingerprint density at radius 1 is 1.50 bits per heavy atom. The van der Waals surface area contributed by atoms with Crippen LogP contribution in [-0.2, 0) is 9.57 Å². The molecule has 3 rings (SSSR count). The molecule has 2 aromatic heterocycles. The second kappa shape index (κ2) is 5.41. The van der Waals surface area contributed by atoms with Gasteiger partial charge in [-0.15, -0.1) is 0 Å². The minimum Gasteiger partial charge on any atom is -0.394 e. The number of rotatable bonds is 4. The molecule has 2 aromatic rings. The molecule has 3 heterocycles. The molecular formula is C12H17N5O5. The maximum Gasteiger partial charge on any atom is 0.183 e. The van der Waals surface area contributed by atoms with E-state index in [1.54, 1.807) is 0 Å². The third-order valence-electron chi connectivity index (χ3n) is 3.75. The van der Waals surface area contributed by atoms with Gasteiger partial charge in [0.15, 0.2) is 17.7 Å². The van der Waals surface area contributed by atoms with Gasteiger partial charge in [-0.3, -0.25) is 4.84 Å². The summed E-state index contributed by atoms with van der Waals surface area (Å²) in [5.74, 6) is 0.413. The third kappa shape index (κ3) is 2.12. The molecule has 10 heteroatoms. The standard InChI is InChI=1S/C12H17N5O5/c1-12(20)8(19)7(4-18)22-11(12)17-10-6(3-15-17)9(16-21-2)13-5-14-10/h3,5,7-8,11,18-20H,4H2,1-2H3,(H,13,14,16)/t7-,8-,11-,12-/m1/s1. The van der Waals surface area contributed by atoms with Gasteiger partial charge < -0.3 is 20.1 Å². The first-order chi connectivity index (χ1) is 10.5. The number of nitrogens with one attached hydrogen (secondary N) is 1. The van der Waals surface area contributed by atoms with Crippen LogP contribution in [0.4, 0.5) is 5.82 Å². The van der Waals surface area contributed by atoms with Crippen LogP contribution in [0.1, 0.15) is 13.2 Å². The molecular weight excluding hydrogens is 294 g/mol. The number of aromatic nitrogens is 4. The second-order valence-corrected chi connectivity index (χ2v) is 5.24. The maximum atomic E-state index is 10.5. The van der Waals surface area contributed by atoms with Crippen LogP contribution >= 0.6 is 0 Å². The summed E-state index contributed by atoms with van der Waals surface area (Å²) in [7, 11) is 1.45. The largest absolute Gasteiger partial charge is 0.394 e.